The van der Waals surface area contributed by atoms with Crippen molar-refractivity contribution in [3.05, 3.63) is 24.3 Å². The number of ether oxygens (including phenoxy) is 1. The highest BCUT2D eigenvalue weighted by molar-refractivity contribution is 7.91. The Morgan fingerprint density at radius 2 is 1.94 bits per heavy atom. The molecule has 2 rings (SSSR count). The van der Waals surface area contributed by atoms with E-state index in [2.05, 4.69) is 0 Å². The summed E-state index contributed by atoms with van der Waals surface area (Å²) in [6.45, 7) is 1.64. The van der Waals surface area contributed by atoms with E-state index in [9.17, 15) is 8.42 Å². The Balaban J connectivity index is 2.08. The molecule has 0 saturated heterocycles. The van der Waals surface area contributed by atoms with E-state index in [-0.39, 0.29) is 17.9 Å². The maximum absolute atomic E-state index is 11.6. The van der Waals surface area contributed by atoms with E-state index in [0.29, 0.717) is 10.6 Å². The molecule has 0 heterocycles. The summed E-state index contributed by atoms with van der Waals surface area (Å²) >= 11 is 0. The predicted octanol–water partition coefficient (Wildman–Crippen LogP) is 1.74. The fourth-order valence-electron chi connectivity index (χ4n) is 2.17. The van der Waals surface area contributed by atoms with E-state index in [4.69, 9.17) is 10.5 Å². The summed E-state index contributed by atoms with van der Waals surface area (Å²) in [5.41, 5.74) is 5.93. The van der Waals surface area contributed by atoms with Crippen molar-refractivity contribution in [2.45, 2.75) is 43.2 Å². The summed E-state index contributed by atoms with van der Waals surface area (Å²) in [7, 11) is -3.13. The molecule has 1 aliphatic carbocycles. The van der Waals surface area contributed by atoms with E-state index in [1.54, 1.807) is 31.2 Å². The van der Waals surface area contributed by atoms with Crippen LogP contribution in [-0.4, -0.2) is 26.3 Å². The SMILES string of the molecule is CCS(=O)(=O)c1ccc(OC2CCCC2N)cc1. The Morgan fingerprint density at radius 3 is 2.44 bits per heavy atom. The minimum absolute atomic E-state index is 0.0543. The highest BCUT2D eigenvalue weighted by Crippen LogP contribution is 2.24. The van der Waals surface area contributed by atoms with E-state index in [0.717, 1.165) is 19.3 Å². The number of benzene rings is 1. The Labute approximate surface area is 108 Å². The molecule has 1 aliphatic rings. The van der Waals surface area contributed by atoms with Crippen LogP contribution in [0.25, 0.3) is 0 Å². The van der Waals surface area contributed by atoms with Crippen molar-refractivity contribution in [3.63, 3.8) is 0 Å². The molecule has 0 spiro atoms. The molecular formula is C13H19NO3S. The molecule has 1 aromatic rings. The normalized spacial score (nSPS) is 24.1. The van der Waals surface area contributed by atoms with Crippen molar-refractivity contribution in [3.8, 4) is 5.75 Å². The van der Waals surface area contributed by atoms with Gasteiger partial charge in [-0.2, -0.15) is 0 Å². The van der Waals surface area contributed by atoms with Crippen LogP contribution in [0.5, 0.6) is 5.75 Å². The lowest BCUT2D eigenvalue weighted by Gasteiger charge is -2.17. The van der Waals surface area contributed by atoms with Gasteiger partial charge in [0, 0.05) is 6.04 Å². The smallest absolute Gasteiger partial charge is 0.178 e. The Bertz CT molecular complexity index is 495. The van der Waals surface area contributed by atoms with Crippen LogP contribution >= 0.6 is 0 Å². The van der Waals surface area contributed by atoms with Gasteiger partial charge >= 0.3 is 0 Å². The van der Waals surface area contributed by atoms with Crippen LogP contribution in [-0.2, 0) is 9.84 Å². The summed E-state index contributed by atoms with van der Waals surface area (Å²) in [6, 6.07) is 6.67. The third kappa shape index (κ3) is 2.84. The first-order valence-electron chi connectivity index (χ1n) is 6.28. The summed E-state index contributed by atoms with van der Waals surface area (Å²) in [5.74, 6) is 0.799. The molecule has 18 heavy (non-hydrogen) atoms. The van der Waals surface area contributed by atoms with Gasteiger partial charge in [0.1, 0.15) is 11.9 Å². The molecule has 0 aliphatic heterocycles. The number of hydrogen-bond acceptors (Lipinski definition) is 4. The molecule has 5 heteroatoms. The summed E-state index contributed by atoms with van der Waals surface area (Å²) in [4.78, 5) is 0.341. The molecule has 1 aromatic carbocycles. The van der Waals surface area contributed by atoms with Gasteiger partial charge in [0.25, 0.3) is 0 Å². The van der Waals surface area contributed by atoms with Gasteiger partial charge in [-0.05, 0) is 43.5 Å². The Kier molecular flexibility index (Phi) is 3.92. The lowest BCUT2D eigenvalue weighted by atomic mass is 10.2. The molecule has 4 nitrogen and oxygen atoms in total. The zero-order valence-electron chi connectivity index (χ0n) is 10.5. The number of hydrogen-bond donors (Lipinski definition) is 1. The third-order valence-corrected chi connectivity index (χ3v) is 5.10. The fourth-order valence-corrected chi connectivity index (χ4v) is 3.05. The third-order valence-electron chi connectivity index (χ3n) is 3.35. The van der Waals surface area contributed by atoms with Gasteiger partial charge in [0.2, 0.25) is 0 Å². The van der Waals surface area contributed by atoms with Crippen LogP contribution in [0.15, 0.2) is 29.2 Å². The van der Waals surface area contributed by atoms with Gasteiger partial charge in [0.05, 0.1) is 10.6 Å². The van der Waals surface area contributed by atoms with E-state index >= 15 is 0 Å². The van der Waals surface area contributed by atoms with Crippen molar-refractivity contribution in [1.29, 1.82) is 0 Å². The van der Waals surface area contributed by atoms with Crippen LogP contribution in [0, 0.1) is 0 Å². The Morgan fingerprint density at radius 1 is 1.28 bits per heavy atom. The fraction of sp³-hybridized carbons (Fsp3) is 0.538. The molecule has 0 amide bonds. The summed E-state index contributed by atoms with van der Waals surface area (Å²) < 4.78 is 29.1. The van der Waals surface area contributed by atoms with E-state index in [1.807, 2.05) is 0 Å². The molecule has 100 valence electrons. The van der Waals surface area contributed by atoms with Crippen LogP contribution in [0.1, 0.15) is 26.2 Å². The summed E-state index contributed by atoms with van der Waals surface area (Å²) in [5, 5.41) is 0. The number of rotatable bonds is 4. The van der Waals surface area contributed by atoms with Crippen LogP contribution in [0.4, 0.5) is 0 Å². The second kappa shape index (κ2) is 5.28. The second-order valence-corrected chi connectivity index (χ2v) is 6.90. The first-order valence-corrected chi connectivity index (χ1v) is 7.93. The highest BCUT2D eigenvalue weighted by atomic mass is 32.2. The van der Waals surface area contributed by atoms with Crippen LogP contribution in [0.3, 0.4) is 0 Å². The van der Waals surface area contributed by atoms with Crippen molar-refractivity contribution in [2.75, 3.05) is 5.75 Å². The average Bonchev–Trinajstić information content (AvgIpc) is 2.76. The quantitative estimate of drug-likeness (QED) is 0.904. The van der Waals surface area contributed by atoms with Crippen LogP contribution < -0.4 is 10.5 Å². The van der Waals surface area contributed by atoms with Crippen LogP contribution in [0.2, 0.25) is 0 Å². The first-order chi connectivity index (χ1) is 8.53. The zero-order valence-corrected chi connectivity index (χ0v) is 11.3. The standard InChI is InChI=1S/C13H19NO3S/c1-2-18(15,16)11-8-6-10(7-9-11)17-13-5-3-4-12(13)14/h6-9,12-13H,2-5,14H2,1H3. The maximum atomic E-state index is 11.6. The summed E-state index contributed by atoms with van der Waals surface area (Å²) in [6.07, 6.45) is 3.11. The zero-order chi connectivity index (χ0) is 13.2. The minimum atomic E-state index is -3.13. The highest BCUT2D eigenvalue weighted by Gasteiger charge is 2.25. The average molecular weight is 269 g/mol. The van der Waals surface area contributed by atoms with Crippen molar-refractivity contribution >= 4 is 9.84 Å². The van der Waals surface area contributed by atoms with Crippen molar-refractivity contribution in [2.24, 2.45) is 5.73 Å². The van der Waals surface area contributed by atoms with Gasteiger partial charge in [-0.1, -0.05) is 6.92 Å². The molecule has 0 aromatic heterocycles. The first kappa shape index (κ1) is 13.4. The van der Waals surface area contributed by atoms with Gasteiger partial charge in [-0.25, -0.2) is 8.42 Å². The van der Waals surface area contributed by atoms with Gasteiger partial charge < -0.3 is 10.5 Å². The molecule has 0 radical (unpaired) electrons. The number of sulfone groups is 1. The molecule has 2 atom stereocenters. The predicted molar refractivity (Wildman–Crippen MR) is 70.4 cm³/mol. The number of nitrogens with two attached hydrogens (primary N) is 1. The monoisotopic (exact) mass is 269 g/mol. The molecular weight excluding hydrogens is 250 g/mol. The molecule has 2 unspecified atom stereocenters. The van der Waals surface area contributed by atoms with Crippen molar-refractivity contribution < 1.29 is 13.2 Å². The van der Waals surface area contributed by atoms with Crippen molar-refractivity contribution in [1.82, 2.24) is 0 Å². The lowest BCUT2D eigenvalue weighted by Crippen LogP contribution is -2.33. The van der Waals surface area contributed by atoms with Gasteiger partial charge in [-0.15, -0.1) is 0 Å². The second-order valence-electron chi connectivity index (χ2n) is 4.63. The molecule has 1 saturated carbocycles. The largest absolute Gasteiger partial charge is 0.489 e. The van der Waals surface area contributed by atoms with E-state index in [1.165, 1.54) is 0 Å². The molecule has 0 bridgehead atoms. The van der Waals surface area contributed by atoms with E-state index < -0.39 is 9.84 Å². The van der Waals surface area contributed by atoms with Gasteiger partial charge in [-0.3, -0.25) is 0 Å². The van der Waals surface area contributed by atoms with Gasteiger partial charge in [0.15, 0.2) is 9.84 Å². The topological polar surface area (TPSA) is 69.4 Å². The minimum Gasteiger partial charge on any atom is -0.489 e. The lowest BCUT2D eigenvalue weighted by molar-refractivity contribution is 0.191. The maximum Gasteiger partial charge on any atom is 0.178 e. The Hall–Kier alpha value is -1.07. The molecule has 1 fully saturated rings. The molecule has 2 N–H and O–H groups in total.